The third-order valence-electron chi connectivity index (χ3n) is 2.43. The van der Waals surface area contributed by atoms with Crippen molar-refractivity contribution in [1.29, 1.82) is 0 Å². The van der Waals surface area contributed by atoms with E-state index in [1.54, 1.807) is 6.07 Å². The molecule has 78 valence electrons. The van der Waals surface area contributed by atoms with Gasteiger partial charge in [0.15, 0.2) is 0 Å². The molecule has 1 aromatic rings. The summed E-state index contributed by atoms with van der Waals surface area (Å²) >= 11 is 0. The Bertz CT molecular complexity index is 329. The first kappa shape index (κ1) is 10.9. The molecule has 0 amide bonds. The van der Waals surface area contributed by atoms with Gasteiger partial charge in [0.05, 0.1) is 0 Å². The van der Waals surface area contributed by atoms with Gasteiger partial charge in [0.1, 0.15) is 5.75 Å². The molecule has 2 heteroatoms. The molecule has 0 fully saturated rings. The van der Waals surface area contributed by atoms with Gasteiger partial charge in [-0.3, -0.25) is 0 Å². The van der Waals surface area contributed by atoms with Crippen LogP contribution in [0.2, 0.25) is 0 Å². The van der Waals surface area contributed by atoms with E-state index >= 15 is 0 Å². The maximum atomic E-state index is 9.47. The van der Waals surface area contributed by atoms with Crippen molar-refractivity contribution < 1.29 is 5.11 Å². The minimum absolute atomic E-state index is 0.260. The number of hydrogen-bond acceptors (Lipinski definition) is 2. The molecule has 0 aliphatic rings. The largest absolute Gasteiger partial charge is 0.508 e. The molecule has 0 unspecified atom stereocenters. The summed E-state index contributed by atoms with van der Waals surface area (Å²) in [5.74, 6) is 1.05. The zero-order valence-electron chi connectivity index (χ0n) is 9.33. The van der Waals surface area contributed by atoms with E-state index in [1.807, 2.05) is 6.07 Å². The average molecular weight is 193 g/mol. The van der Waals surface area contributed by atoms with Gasteiger partial charge in [0, 0.05) is 11.8 Å². The van der Waals surface area contributed by atoms with Gasteiger partial charge in [-0.15, -0.1) is 0 Å². The summed E-state index contributed by atoms with van der Waals surface area (Å²) in [6, 6.07) is 3.44. The van der Waals surface area contributed by atoms with Crippen LogP contribution in [0.5, 0.6) is 5.75 Å². The van der Waals surface area contributed by atoms with Gasteiger partial charge < -0.3 is 10.8 Å². The van der Waals surface area contributed by atoms with Crippen LogP contribution in [-0.2, 0) is 0 Å². The average Bonchev–Trinajstić information content (AvgIpc) is 2.01. The zero-order valence-corrected chi connectivity index (χ0v) is 9.33. The highest BCUT2D eigenvalue weighted by Gasteiger charge is 2.14. The Labute approximate surface area is 85.8 Å². The summed E-state index contributed by atoms with van der Waals surface area (Å²) in [5.41, 5.74) is 8.91. The summed E-state index contributed by atoms with van der Waals surface area (Å²) in [7, 11) is 0. The van der Waals surface area contributed by atoms with Crippen molar-refractivity contribution >= 4 is 5.69 Å². The normalized spacial score (nSPS) is 11.3. The van der Waals surface area contributed by atoms with Crippen LogP contribution in [0.4, 0.5) is 5.69 Å². The number of phenolic OH excluding ortho intramolecular Hbond substituents is 1. The lowest BCUT2D eigenvalue weighted by molar-refractivity contribution is 0.474. The van der Waals surface area contributed by atoms with Gasteiger partial charge in [-0.2, -0.15) is 0 Å². The van der Waals surface area contributed by atoms with Crippen LogP contribution in [0.15, 0.2) is 12.1 Å². The molecule has 1 rings (SSSR count). The van der Waals surface area contributed by atoms with E-state index in [0.29, 0.717) is 17.5 Å². The van der Waals surface area contributed by atoms with Crippen LogP contribution in [-0.4, -0.2) is 5.11 Å². The van der Waals surface area contributed by atoms with E-state index in [0.717, 1.165) is 11.1 Å². The first-order valence-electron chi connectivity index (χ1n) is 5.05. The van der Waals surface area contributed by atoms with Crippen molar-refractivity contribution in [2.45, 2.75) is 39.5 Å². The van der Waals surface area contributed by atoms with Crippen LogP contribution in [0, 0.1) is 0 Å². The van der Waals surface area contributed by atoms with E-state index in [1.165, 1.54) is 0 Å². The minimum Gasteiger partial charge on any atom is -0.508 e. The number of rotatable bonds is 2. The molecule has 0 heterocycles. The van der Waals surface area contributed by atoms with Crippen molar-refractivity contribution in [2.75, 3.05) is 5.73 Å². The predicted molar refractivity (Wildman–Crippen MR) is 60.7 cm³/mol. The molecule has 0 radical (unpaired) electrons. The van der Waals surface area contributed by atoms with Crippen LogP contribution >= 0.6 is 0 Å². The molecule has 0 aliphatic carbocycles. The number of benzene rings is 1. The second-order valence-corrected chi connectivity index (χ2v) is 4.35. The van der Waals surface area contributed by atoms with E-state index in [2.05, 4.69) is 27.7 Å². The van der Waals surface area contributed by atoms with E-state index in [-0.39, 0.29) is 5.75 Å². The van der Waals surface area contributed by atoms with E-state index in [9.17, 15) is 5.11 Å². The standard InChI is InChI=1S/C12H19NO/c1-7(2)10-5-9(14)6-11(13)12(10)8(3)4/h5-8,14H,13H2,1-4H3. The van der Waals surface area contributed by atoms with Crippen molar-refractivity contribution in [1.82, 2.24) is 0 Å². The molecule has 3 N–H and O–H groups in total. The molecule has 1 aromatic carbocycles. The quantitative estimate of drug-likeness (QED) is 0.708. The number of phenols is 1. The van der Waals surface area contributed by atoms with Gasteiger partial charge >= 0.3 is 0 Å². The molecular weight excluding hydrogens is 174 g/mol. The summed E-state index contributed by atoms with van der Waals surface area (Å²) in [4.78, 5) is 0. The lowest BCUT2D eigenvalue weighted by Crippen LogP contribution is -2.03. The molecule has 0 bridgehead atoms. The fourth-order valence-electron chi connectivity index (χ4n) is 1.83. The summed E-state index contributed by atoms with van der Waals surface area (Å²) in [5, 5.41) is 9.47. The second kappa shape index (κ2) is 3.91. The van der Waals surface area contributed by atoms with Crippen LogP contribution < -0.4 is 5.73 Å². The van der Waals surface area contributed by atoms with Crippen molar-refractivity contribution in [3.8, 4) is 5.75 Å². The Kier molecular flexibility index (Phi) is 3.04. The Morgan fingerprint density at radius 3 is 2.07 bits per heavy atom. The van der Waals surface area contributed by atoms with Crippen molar-refractivity contribution in [2.24, 2.45) is 0 Å². The smallest absolute Gasteiger partial charge is 0.117 e. The van der Waals surface area contributed by atoms with Crippen molar-refractivity contribution in [3.63, 3.8) is 0 Å². The van der Waals surface area contributed by atoms with Gasteiger partial charge in [0.25, 0.3) is 0 Å². The van der Waals surface area contributed by atoms with Gasteiger partial charge in [-0.25, -0.2) is 0 Å². The third kappa shape index (κ3) is 2.00. The fourth-order valence-corrected chi connectivity index (χ4v) is 1.83. The maximum Gasteiger partial charge on any atom is 0.117 e. The Morgan fingerprint density at radius 2 is 1.64 bits per heavy atom. The third-order valence-corrected chi connectivity index (χ3v) is 2.43. The number of nitrogen functional groups attached to an aromatic ring is 1. The van der Waals surface area contributed by atoms with Crippen molar-refractivity contribution in [3.05, 3.63) is 23.3 Å². The number of nitrogens with two attached hydrogens (primary N) is 1. The molecular formula is C12H19NO. The summed E-state index contributed by atoms with van der Waals surface area (Å²) in [6.07, 6.45) is 0. The fraction of sp³-hybridized carbons (Fsp3) is 0.500. The van der Waals surface area contributed by atoms with Crippen LogP contribution in [0.25, 0.3) is 0 Å². The second-order valence-electron chi connectivity index (χ2n) is 4.35. The lowest BCUT2D eigenvalue weighted by Gasteiger charge is -2.18. The number of aromatic hydroxyl groups is 1. The lowest BCUT2D eigenvalue weighted by atomic mass is 9.89. The van der Waals surface area contributed by atoms with Gasteiger partial charge in [0.2, 0.25) is 0 Å². The highest BCUT2D eigenvalue weighted by Crippen LogP contribution is 2.34. The monoisotopic (exact) mass is 193 g/mol. The highest BCUT2D eigenvalue weighted by atomic mass is 16.3. The molecule has 2 nitrogen and oxygen atoms in total. The first-order chi connectivity index (χ1) is 6.43. The number of hydrogen-bond donors (Lipinski definition) is 2. The first-order valence-corrected chi connectivity index (χ1v) is 5.05. The molecule has 0 saturated carbocycles. The van der Waals surface area contributed by atoms with Gasteiger partial charge in [-0.05, 0) is 29.0 Å². The highest BCUT2D eigenvalue weighted by molar-refractivity contribution is 5.57. The Hall–Kier alpha value is -1.18. The number of anilines is 1. The van der Waals surface area contributed by atoms with Gasteiger partial charge in [-0.1, -0.05) is 27.7 Å². The summed E-state index contributed by atoms with van der Waals surface area (Å²) < 4.78 is 0. The Morgan fingerprint density at radius 1 is 1.07 bits per heavy atom. The topological polar surface area (TPSA) is 46.2 Å². The Balaban J connectivity index is 3.37. The predicted octanol–water partition coefficient (Wildman–Crippen LogP) is 3.22. The maximum absolute atomic E-state index is 9.47. The van der Waals surface area contributed by atoms with E-state index in [4.69, 9.17) is 5.73 Å². The molecule has 0 saturated heterocycles. The molecule has 0 aliphatic heterocycles. The minimum atomic E-state index is 0.260. The van der Waals surface area contributed by atoms with Crippen LogP contribution in [0.1, 0.15) is 50.7 Å². The molecule has 0 aromatic heterocycles. The molecule has 14 heavy (non-hydrogen) atoms. The van der Waals surface area contributed by atoms with E-state index < -0.39 is 0 Å². The summed E-state index contributed by atoms with van der Waals surface area (Å²) in [6.45, 7) is 8.46. The zero-order chi connectivity index (χ0) is 10.9. The molecule has 0 spiro atoms. The SMILES string of the molecule is CC(C)c1cc(O)cc(N)c1C(C)C. The van der Waals surface area contributed by atoms with Crippen LogP contribution in [0.3, 0.4) is 0 Å². The molecule has 0 atom stereocenters.